The molecule has 0 spiro atoms. The van der Waals surface area contributed by atoms with Crippen LogP contribution in [0.15, 0.2) is 35.4 Å². The maximum absolute atomic E-state index is 11.1. The smallest absolute Gasteiger partial charge is 0.294 e. The van der Waals surface area contributed by atoms with Crippen LogP contribution >= 0.6 is 0 Å². The highest BCUT2D eigenvalue weighted by molar-refractivity contribution is 7.85. The molecule has 1 heterocycles. The number of aromatic nitrogens is 2. The monoisotopic (exact) mass is 254 g/mol. The van der Waals surface area contributed by atoms with Crippen molar-refractivity contribution >= 4 is 10.1 Å². The lowest BCUT2D eigenvalue weighted by Crippen LogP contribution is -2.03. The number of aromatic amines is 1. The summed E-state index contributed by atoms with van der Waals surface area (Å²) in [5.74, 6) is -0.0462. The Labute approximate surface area is 97.7 Å². The number of nitrogens with one attached hydrogen (secondary N) is 1. The average molecular weight is 254 g/mol. The molecule has 0 saturated carbocycles. The summed E-state index contributed by atoms with van der Waals surface area (Å²) in [6.07, 6.45) is 1.37. The van der Waals surface area contributed by atoms with Crippen LogP contribution in [0.2, 0.25) is 0 Å². The molecular formula is C10H10N2O4S. The quantitative estimate of drug-likeness (QED) is 0.707. The fraction of sp³-hybridized carbons (Fsp3) is 0.100. The molecule has 7 heteroatoms. The van der Waals surface area contributed by atoms with Gasteiger partial charge in [0.05, 0.1) is 16.8 Å². The molecule has 6 nitrogen and oxygen atoms in total. The first-order valence-electron chi connectivity index (χ1n) is 4.75. The zero-order valence-corrected chi connectivity index (χ0v) is 9.48. The van der Waals surface area contributed by atoms with Crippen LogP contribution in [-0.4, -0.2) is 28.3 Å². The first kappa shape index (κ1) is 11.6. The van der Waals surface area contributed by atoms with Crippen molar-refractivity contribution in [2.45, 2.75) is 11.3 Å². The van der Waals surface area contributed by atoms with Crippen molar-refractivity contribution in [3.63, 3.8) is 0 Å². The van der Waals surface area contributed by atoms with Gasteiger partial charge in [0, 0.05) is 6.42 Å². The van der Waals surface area contributed by atoms with Gasteiger partial charge in [0.1, 0.15) is 0 Å². The van der Waals surface area contributed by atoms with E-state index < -0.39 is 10.1 Å². The highest BCUT2D eigenvalue weighted by Gasteiger charge is 2.16. The molecule has 0 atom stereocenters. The van der Waals surface area contributed by atoms with Crippen LogP contribution in [0.25, 0.3) is 0 Å². The van der Waals surface area contributed by atoms with Gasteiger partial charge in [0.25, 0.3) is 10.1 Å². The Bertz CT molecular complexity index is 633. The first-order chi connectivity index (χ1) is 7.98. The molecule has 0 aliphatic rings. The Morgan fingerprint density at radius 3 is 2.59 bits per heavy atom. The Morgan fingerprint density at radius 2 is 2.00 bits per heavy atom. The number of rotatable bonds is 3. The summed E-state index contributed by atoms with van der Waals surface area (Å²) in [5, 5.41) is 15.6. The van der Waals surface area contributed by atoms with Crippen molar-refractivity contribution in [3.8, 4) is 5.75 Å². The molecule has 2 aromatic rings. The van der Waals surface area contributed by atoms with Crippen molar-refractivity contribution < 1.29 is 18.1 Å². The summed E-state index contributed by atoms with van der Waals surface area (Å²) in [4.78, 5) is -0.172. The highest BCUT2D eigenvalue weighted by atomic mass is 32.2. The maximum Gasteiger partial charge on any atom is 0.294 e. The van der Waals surface area contributed by atoms with E-state index in [1.54, 1.807) is 12.1 Å². The standard InChI is InChI=1S/C10H10N2O4S/c13-9-6-11-12-8(9)5-7-3-1-2-4-10(7)17(14,15)16/h1-4,6,13H,5H2,(H,11,12)(H,14,15,16). The summed E-state index contributed by atoms with van der Waals surface area (Å²) in [6, 6.07) is 6.03. The normalized spacial score (nSPS) is 11.6. The molecule has 1 aromatic carbocycles. The van der Waals surface area contributed by atoms with E-state index in [1.807, 2.05) is 0 Å². The zero-order chi connectivity index (χ0) is 12.5. The number of aromatic hydroxyl groups is 1. The molecule has 17 heavy (non-hydrogen) atoms. The van der Waals surface area contributed by atoms with E-state index in [0.29, 0.717) is 11.3 Å². The van der Waals surface area contributed by atoms with Crippen LogP contribution in [0, 0.1) is 0 Å². The number of benzene rings is 1. The topological polar surface area (TPSA) is 103 Å². The zero-order valence-electron chi connectivity index (χ0n) is 8.66. The van der Waals surface area contributed by atoms with E-state index in [1.165, 1.54) is 18.3 Å². The minimum absolute atomic E-state index is 0.0462. The van der Waals surface area contributed by atoms with Crippen molar-refractivity contribution in [3.05, 3.63) is 41.7 Å². The molecule has 90 valence electrons. The Balaban J connectivity index is 2.44. The van der Waals surface area contributed by atoms with Gasteiger partial charge in [-0.05, 0) is 11.6 Å². The maximum atomic E-state index is 11.1. The third-order valence-corrected chi connectivity index (χ3v) is 3.27. The van der Waals surface area contributed by atoms with Gasteiger partial charge >= 0.3 is 0 Å². The Morgan fingerprint density at radius 1 is 1.29 bits per heavy atom. The second-order valence-corrected chi connectivity index (χ2v) is 4.88. The number of H-pyrrole nitrogens is 1. The molecule has 1 aromatic heterocycles. The number of hydrogen-bond donors (Lipinski definition) is 3. The largest absolute Gasteiger partial charge is 0.504 e. The number of hydrogen-bond acceptors (Lipinski definition) is 4. The van der Waals surface area contributed by atoms with E-state index >= 15 is 0 Å². The van der Waals surface area contributed by atoms with Gasteiger partial charge in [-0.3, -0.25) is 9.65 Å². The molecular weight excluding hydrogens is 244 g/mol. The molecule has 0 fully saturated rings. The molecule has 2 rings (SSSR count). The van der Waals surface area contributed by atoms with E-state index in [9.17, 15) is 13.5 Å². The van der Waals surface area contributed by atoms with E-state index in [-0.39, 0.29) is 17.1 Å². The number of nitrogens with zero attached hydrogens (tertiary/aromatic N) is 1. The third-order valence-electron chi connectivity index (χ3n) is 2.31. The average Bonchev–Trinajstić information content (AvgIpc) is 2.64. The van der Waals surface area contributed by atoms with Crippen molar-refractivity contribution in [1.29, 1.82) is 0 Å². The van der Waals surface area contributed by atoms with Crippen LogP contribution in [0.3, 0.4) is 0 Å². The molecule has 0 radical (unpaired) electrons. The summed E-state index contributed by atoms with van der Waals surface area (Å²) in [7, 11) is -4.27. The minimum atomic E-state index is -4.27. The van der Waals surface area contributed by atoms with E-state index in [4.69, 9.17) is 4.55 Å². The Hall–Kier alpha value is -1.86. The summed E-state index contributed by atoms with van der Waals surface area (Å²) < 4.78 is 31.3. The van der Waals surface area contributed by atoms with Crippen molar-refractivity contribution in [1.82, 2.24) is 10.2 Å². The molecule has 0 unspecified atom stereocenters. The van der Waals surface area contributed by atoms with Crippen molar-refractivity contribution in [2.24, 2.45) is 0 Å². The second-order valence-electron chi connectivity index (χ2n) is 3.49. The van der Waals surface area contributed by atoms with Gasteiger partial charge in [-0.2, -0.15) is 13.5 Å². The second kappa shape index (κ2) is 4.19. The molecule has 0 aliphatic carbocycles. The van der Waals surface area contributed by atoms with Gasteiger partial charge in [-0.1, -0.05) is 18.2 Å². The van der Waals surface area contributed by atoms with Crippen LogP contribution in [-0.2, 0) is 16.5 Å². The predicted octanol–water partition coefficient (Wildman–Crippen LogP) is 0.953. The van der Waals surface area contributed by atoms with Gasteiger partial charge < -0.3 is 5.11 Å². The molecule has 0 amide bonds. The van der Waals surface area contributed by atoms with Gasteiger partial charge in [-0.25, -0.2) is 0 Å². The minimum Gasteiger partial charge on any atom is -0.504 e. The summed E-state index contributed by atoms with van der Waals surface area (Å²) >= 11 is 0. The van der Waals surface area contributed by atoms with Crippen LogP contribution in [0.4, 0.5) is 0 Å². The fourth-order valence-electron chi connectivity index (χ4n) is 1.53. The fourth-order valence-corrected chi connectivity index (χ4v) is 2.25. The molecule has 0 bridgehead atoms. The third kappa shape index (κ3) is 2.45. The molecule has 0 saturated heterocycles. The lowest BCUT2D eigenvalue weighted by molar-refractivity contribution is 0.468. The van der Waals surface area contributed by atoms with Gasteiger partial charge in [0.2, 0.25) is 0 Å². The molecule has 0 aliphatic heterocycles. The van der Waals surface area contributed by atoms with E-state index in [2.05, 4.69) is 10.2 Å². The van der Waals surface area contributed by atoms with Crippen LogP contribution < -0.4 is 0 Å². The lowest BCUT2D eigenvalue weighted by Gasteiger charge is -2.05. The Kier molecular flexibility index (Phi) is 2.86. The van der Waals surface area contributed by atoms with E-state index in [0.717, 1.165) is 0 Å². The first-order valence-corrected chi connectivity index (χ1v) is 6.19. The lowest BCUT2D eigenvalue weighted by atomic mass is 10.1. The van der Waals surface area contributed by atoms with Crippen molar-refractivity contribution in [2.75, 3.05) is 0 Å². The SMILES string of the molecule is O=S(=O)(O)c1ccccc1Cc1[nH]ncc1O. The summed E-state index contributed by atoms with van der Waals surface area (Å²) in [6.45, 7) is 0. The van der Waals surface area contributed by atoms with Gasteiger partial charge in [-0.15, -0.1) is 0 Å². The van der Waals surface area contributed by atoms with Crippen LogP contribution in [0.1, 0.15) is 11.3 Å². The van der Waals surface area contributed by atoms with Crippen LogP contribution in [0.5, 0.6) is 5.75 Å². The highest BCUT2D eigenvalue weighted by Crippen LogP contribution is 2.21. The summed E-state index contributed by atoms with van der Waals surface area (Å²) in [5.41, 5.74) is 0.774. The van der Waals surface area contributed by atoms with Gasteiger partial charge in [0.15, 0.2) is 5.75 Å². The molecule has 3 N–H and O–H groups in total. The predicted molar refractivity (Wildman–Crippen MR) is 59.3 cm³/mol.